The Kier molecular flexibility index (Phi) is 2.51. The normalized spacial score (nSPS) is 22.2. The smallest absolute Gasteiger partial charge is 0.131 e. The predicted molar refractivity (Wildman–Crippen MR) is 49.6 cm³/mol. The van der Waals surface area contributed by atoms with Crippen LogP contribution in [0.4, 0.5) is 8.78 Å². The van der Waals surface area contributed by atoms with Gasteiger partial charge in [0.25, 0.3) is 0 Å². The maximum absolute atomic E-state index is 13.2. The molecule has 1 heterocycles. The summed E-state index contributed by atoms with van der Waals surface area (Å²) in [6.45, 7) is 0.881. The molecule has 70 valence electrons. The molecule has 1 aromatic rings. The molecule has 1 nitrogen and oxygen atoms in total. The minimum Gasteiger partial charge on any atom is -0.301 e. The summed E-state index contributed by atoms with van der Waals surface area (Å²) in [6.07, 6.45) is 0. The van der Waals surface area contributed by atoms with Crippen molar-refractivity contribution in [2.45, 2.75) is 5.37 Å². The molecule has 0 aromatic heterocycles. The van der Waals surface area contributed by atoms with Gasteiger partial charge in [-0.25, -0.2) is 8.78 Å². The molecular formula is C9H9F2NS. The summed E-state index contributed by atoms with van der Waals surface area (Å²) in [5.41, 5.74) is 0.545. The summed E-state index contributed by atoms with van der Waals surface area (Å²) in [5, 5.41) is 3.12. The molecule has 4 heteroatoms. The lowest BCUT2D eigenvalue weighted by Gasteiger charge is -2.10. The second-order valence-corrected chi connectivity index (χ2v) is 4.08. The molecule has 1 aliphatic rings. The number of thioether (sulfide) groups is 1. The van der Waals surface area contributed by atoms with Crippen molar-refractivity contribution in [2.24, 2.45) is 0 Å². The van der Waals surface area contributed by atoms with Gasteiger partial charge in [0, 0.05) is 23.9 Å². The van der Waals surface area contributed by atoms with Crippen LogP contribution in [0.25, 0.3) is 0 Å². The first-order valence-corrected chi connectivity index (χ1v) is 5.12. The molecule has 1 saturated heterocycles. The number of benzene rings is 1. The molecule has 1 aromatic carbocycles. The van der Waals surface area contributed by atoms with Crippen LogP contribution < -0.4 is 5.32 Å². The molecule has 13 heavy (non-hydrogen) atoms. The maximum Gasteiger partial charge on any atom is 0.131 e. The summed E-state index contributed by atoms with van der Waals surface area (Å²) >= 11 is 1.64. The minimum absolute atomic E-state index is 0.0133. The second kappa shape index (κ2) is 3.64. The third kappa shape index (κ3) is 1.84. The largest absolute Gasteiger partial charge is 0.301 e. The molecule has 0 spiro atoms. The van der Waals surface area contributed by atoms with Crippen molar-refractivity contribution in [1.82, 2.24) is 5.32 Å². The van der Waals surface area contributed by atoms with Crippen molar-refractivity contribution in [3.8, 4) is 0 Å². The SMILES string of the molecule is Fc1ccc([C@@H]2NCCS2)c(F)c1. The van der Waals surface area contributed by atoms with Gasteiger partial charge in [-0.3, -0.25) is 0 Å². The first-order valence-electron chi connectivity index (χ1n) is 4.07. The van der Waals surface area contributed by atoms with Crippen molar-refractivity contribution in [2.75, 3.05) is 12.3 Å². The van der Waals surface area contributed by atoms with Gasteiger partial charge in [0.1, 0.15) is 11.6 Å². The summed E-state index contributed by atoms with van der Waals surface area (Å²) < 4.78 is 25.8. The van der Waals surface area contributed by atoms with Gasteiger partial charge in [-0.05, 0) is 6.07 Å². The van der Waals surface area contributed by atoms with Gasteiger partial charge in [0.2, 0.25) is 0 Å². The Bertz CT molecular complexity index is 310. The zero-order valence-electron chi connectivity index (χ0n) is 6.89. The Balaban J connectivity index is 2.29. The third-order valence-electron chi connectivity index (χ3n) is 1.96. The van der Waals surface area contributed by atoms with E-state index in [0.29, 0.717) is 5.56 Å². The molecule has 1 atom stereocenters. The minimum atomic E-state index is -0.524. The predicted octanol–water partition coefficient (Wildman–Crippen LogP) is 2.30. The quantitative estimate of drug-likeness (QED) is 0.748. The van der Waals surface area contributed by atoms with E-state index in [9.17, 15) is 8.78 Å². The summed E-state index contributed by atoms with van der Waals surface area (Å²) in [5.74, 6) is -0.0160. The Labute approximate surface area is 79.5 Å². The number of rotatable bonds is 1. The molecule has 0 bridgehead atoms. The second-order valence-electron chi connectivity index (χ2n) is 2.87. The van der Waals surface area contributed by atoms with Crippen molar-refractivity contribution >= 4 is 11.8 Å². The average Bonchev–Trinajstić information content (AvgIpc) is 2.56. The molecule has 0 aliphatic carbocycles. The lowest BCUT2D eigenvalue weighted by Crippen LogP contribution is -2.13. The van der Waals surface area contributed by atoms with Crippen molar-refractivity contribution < 1.29 is 8.78 Å². The van der Waals surface area contributed by atoms with Crippen molar-refractivity contribution in [3.05, 3.63) is 35.4 Å². The summed E-state index contributed by atoms with van der Waals surface area (Å²) in [6, 6.07) is 3.72. The van der Waals surface area contributed by atoms with Gasteiger partial charge >= 0.3 is 0 Å². The van der Waals surface area contributed by atoms with Crippen LogP contribution in [0.3, 0.4) is 0 Å². The molecule has 1 N–H and O–H groups in total. The highest BCUT2D eigenvalue weighted by Gasteiger charge is 2.19. The Morgan fingerprint density at radius 3 is 2.85 bits per heavy atom. The fourth-order valence-electron chi connectivity index (χ4n) is 1.34. The van der Waals surface area contributed by atoms with Gasteiger partial charge in [0.05, 0.1) is 5.37 Å². The van der Waals surface area contributed by atoms with Crippen LogP contribution >= 0.6 is 11.8 Å². The molecule has 2 rings (SSSR count). The number of hydrogen-bond acceptors (Lipinski definition) is 2. The molecule has 0 unspecified atom stereocenters. The third-order valence-corrected chi connectivity index (χ3v) is 3.16. The Morgan fingerprint density at radius 1 is 1.38 bits per heavy atom. The van der Waals surface area contributed by atoms with E-state index in [1.165, 1.54) is 12.1 Å². The van der Waals surface area contributed by atoms with E-state index in [2.05, 4.69) is 5.32 Å². The van der Waals surface area contributed by atoms with E-state index in [4.69, 9.17) is 0 Å². The Hall–Kier alpha value is -0.610. The summed E-state index contributed by atoms with van der Waals surface area (Å²) in [4.78, 5) is 0. The van der Waals surface area contributed by atoms with Gasteiger partial charge in [0.15, 0.2) is 0 Å². The first kappa shape index (κ1) is 8.97. The Morgan fingerprint density at radius 2 is 2.23 bits per heavy atom. The van der Waals surface area contributed by atoms with E-state index in [0.717, 1.165) is 18.4 Å². The first-order chi connectivity index (χ1) is 6.27. The number of nitrogens with one attached hydrogen (secondary N) is 1. The van der Waals surface area contributed by atoms with Crippen LogP contribution in [0.1, 0.15) is 10.9 Å². The topological polar surface area (TPSA) is 12.0 Å². The van der Waals surface area contributed by atoms with E-state index in [1.54, 1.807) is 11.8 Å². The van der Waals surface area contributed by atoms with Crippen LogP contribution in [0, 0.1) is 11.6 Å². The highest BCUT2D eigenvalue weighted by molar-refractivity contribution is 7.99. The zero-order chi connectivity index (χ0) is 9.26. The molecule has 0 radical (unpaired) electrons. The van der Waals surface area contributed by atoms with Gasteiger partial charge < -0.3 is 5.32 Å². The average molecular weight is 201 g/mol. The van der Waals surface area contributed by atoms with E-state index in [-0.39, 0.29) is 5.37 Å². The monoisotopic (exact) mass is 201 g/mol. The van der Waals surface area contributed by atoms with Crippen molar-refractivity contribution in [1.29, 1.82) is 0 Å². The fourth-order valence-corrected chi connectivity index (χ4v) is 2.42. The van der Waals surface area contributed by atoms with Gasteiger partial charge in [-0.15, -0.1) is 11.8 Å². The van der Waals surface area contributed by atoms with Gasteiger partial charge in [-0.1, -0.05) is 6.07 Å². The maximum atomic E-state index is 13.2. The number of hydrogen-bond donors (Lipinski definition) is 1. The van der Waals surface area contributed by atoms with Crippen LogP contribution in [0.5, 0.6) is 0 Å². The van der Waals surface area contributed by atoms with Crippen molar-refractivity contribution in [3.63, 3.8) is 0 Å². The molecule has 1 aliphatic heterocycles. The summed E-state index contributed by atoms with van der Waals surface area (Å²) in [7, 11) is 0. The molecule has 0 saturated carbocycles. The standard InChI is InChI=1S/C9H9F2NS/c10-6-1-2-7(8(11)5-6)9-12-3-4-13-9/h1-2,5,9,12H,3-4H2/t9-/m1/s1. The lowest BCUT2D eigenvalue weighted by atomic mass is 10.2. The number of halogens is 2. The van der Waals surface area contributed by atoms with Crippen LogP contribution in [0.2, 0.25) is 0 Å². The molecule has 1 fully saturated rings. The van der Waals surface area contributed by atoms with Crippen LogP contribution in [-0.2, 0) is 0 Å². The lowest BCUT2D eigenvalue weighted by molar-refractivity contribution is 0.564. The van der Waals surface area contributed by atoms with E-state index in [1.807, 2.05) is 0 Å². The van der Waals surface area contributed by atoms with Gasteiger partial charge in [-0.2, -0.15) is 0 Å². The fraction of sp³-hybridized carbons (Fsp3) is 0.333. The van der Waals surface area contributed by atoms with Crippen LogP contribution in [0.15, 0.2) is 18.2 Å². The van der Waals surface area contributed by atoms with E-state index >= 15 is 0 Å². The molecular weight excluding hydrogens is 192 g/mol. The zero-order valence-corrected chi connectivity index (χ0v) is 7.70. The van der Waals surface area contributed by atoms with Crippen LogP contribution in [-0.4, -0.2) is 12.3 Å². The highest BCUT2D eigenvalue weighted by atomic mass is 32.2. The highest BCUT2D eigenvalue weighted by Crippen LogP contribution is 2.31. The van der Waals surface area contributed by atoms with E-state index < -0.39 is 11.6 Å². The molecule has 0 amide bonds.